The van der Waals surface area contributed by atoms with Crippen LogP contribution in [0.4, 0.5) is 0 Å². The predicted octanol–water partition coefficient (Wildman–Crippen LogP) is 5.64. The number of rotatable bonds is 3. The zero-order chi connectivity index (χ0) is 18.5. The van der Waals surface area contributed by atoms with E-state index >= 15 is 0 Å². The second-order valence-corrected chi connectivity index (χ2v) is 27.7. The number of allylic oxidation sites excluding steroid dienone is 1. The second-order valence-electron chi connectivity index (χ2n) is 8.23. The number of hydrogen-bond donors (Lipinski definition) is 0. The van der Waals surface area contributed by atoms with E-state index in [-0.39, 0.29) is 0 Å². The van der Waals surface area contributed by atoms with E-state index in [1.54, 1.807) is 16.7 Å². The second kappa shape index (κ2) is 6.83. The Morgan fingerprint density at radius 2 is 1.59 bits per heavy atom. The first-order valence-electron chi connectivity index (χ1n) is 9.99. The van der Waals surface area contributed by atoms with Crippen LogP contribution in [0.1, 0.15) is 32.8 Å². The predicted molar refractivity (Wildman–Crippen MR) is 116 cm³/mol. The van der Waals surface area contributed by atoms with E-state index in [1.165, 1.54) is 22.3 Å². The zero-order valence-corrected chi connectivity index (χ0v) is 19.9. The molecule has 0 aliphatic heterocycles. The molecule has 27 heavy (non-hydrogen) atoms. The summed E-state index contributed by atoms with van der Waals surface area (Å²) in [6, 6.07) is 25.4. The van der Waals surface area contributed by atoms with Crippen molar-refractivity contribution < 1.29 is 20.9 Å². The van der Waals surface area contributed by atoms with Crippen molar-refractivity contribution in [1.82, 2.24) is 0 Å². The van der Waals surface area contributed by atoms with Crippen LogP contribution in [0.3, 0.4) is 0 Å². The van der Waals surface area contributed by atoms with Gasteiger partial charge in [0.1, 0.15) is 0 Å². The van der Waals surface area contributed by atoms with E-state index in [2.05, 4.69) is 92.8 Å². The van der Waals surface area contributed by atoms with Gasteiger partial charge in [-0.05, 0) is 0 Å². The Kier molecular flexibility index (Phi) is 4.45. The van der Waals surface area contributed by atoms with Crippen LogP contribution in [0, 0.1) is 0 Å². The summed E-state index contributed by atoms with van der Waals surface area (Å²) in [7, 11) is 0. The Hall–Kier alpha value is -1.50. The SMILES string of the molecule is CC1=Cc2ccccc2[CH]1[Zr]([c]1cccc2c1Cc1ccccc1-2)[SiH](C)C. The van der Waals surface area contributed by atoms with Crippen LogP contribution in [-0.4, -0.2) is 5.92 Å². The van der Waals surface area contributed by atoms with Crippen LogP contribution < -0.4 is 3.27 Å². The molecular formula is C25H25SiZr. The third-order valence-corrected chi connectivity index (χ3v) is 26.6. The van der Waals surface area contributed by atoms with E-state index in [1.807, 2.05) is 3.27 Å². The van der Waals surface area contributed by atoms with Gasteiger partial charge in [0.05, 0.1) is 0 Å². The molecule has 0 saturated heterocycles. The van der Waals surface area contributed by atoms with Gasteiger partial charge >= 0.3 is 172 Å². The van der Waals surface area contributed by atoms with Crippen LogP contribution in [0.5, 0.6) is 0 Å². The van der Waals surface area contributed by atoms with Gasteiger partial charge in [-0.15, -0.1) is 0 Å². The summed E-state index contributed by atoms with van der Waals surface area (Å²) in [4.78, 5) is 0. The molecule has 2 aliphatic carbocycles. The molecule has 1 atom stereocenters. The van der Waals surface area contributed by atoms with Crippen LogP contribution in [0.2, 0.25) is 13.1 Å². The van der Waals surface area contributed by atoms with Crippen molar-refractivity contribution in [3.05, 3.63) is 94.6 Å². The minimum absolute atomic E-state index is 0.739. The van der Waals surface area contributed by atoms with Crippen molar-refractivity contribution in [2.45, 2.75) is 30.1 Å². The molecule has 1 unspecified atom stereocenters. The van der Waals surface area contributed by atoms with E-state index in [9.17, 15) is 0 Å². The van der Waals surface area contributed by atoms with Crippen molar-refractivity contribution in [1.29, 1.82) is 0 Å². The third kappa shape index (κ3) is 2.80. The molecule has 0 aromatic heterocycles. The normalized spacial score (nSPS) is 16.7. The molecule has 0 spiro atoms. The standard InChI is InChI=1S/C13H9.C10H9.C2H7Si.Zr/c1-3-7-12-10(5-1)9-11-6-2-4-8-13(11)12;1-8-6-9-4-2-3-5-10(9)7-8;1-3-2;/h1-5,7-8H,9H2;2-7H,1H3;3H,1-2H3;. The summed E-state index contributed by atoms with van der Waals surface area (Å²) < 4.78 is 2.55. The van der Waals surface area contributed by atoms with Crippen LogP contribution >= 0.6 is 0 Å². The first-order chi connectivity index (χ1) is 13.1. The van der Waals surface area contributed by atoms with Gasteiger partial charge in [-0.1, -0.05) is 0 Å². The molecule has 0 nitrogen and oxygen atoms in total. The van der Waals surface area contributed by atoms with Crippen LogP contribution in [-0.2, 0) is 27.3 Å². The van der Waals surface area contributed by atoms with E-state index in [0.29, 0.717) is 0 Å². The molecule has 0 saturated carbocycles. The molecule has 0 heterocycles. The molecule has 3 aromatic carbocycles. The summed E-state index contributed by atoms with van der Waals surface area (Å²) in [5.41, 5.74) is 10.9. The van der Waals surface area contributed by atoms with Gasteiger partial charge in [0.15, 0.2) is 0 Å². The van der Waals surface area contributed by atoms with E-state index in [4.69, 9.17) is 0 Å². The van der Waals surface area contributed by atoms with Gasteiger partial charge in [0.2, 0.25) is 0 Å². The average molecular weight is 445 g/mol. The van der Waals surface area contributed by atoms with E-state index < -0.39 is 26.8 Å². The van der Waals surface area contributed by atoms with Crippen LogP contribution in [0.25, 0.3) is 17.2 Å². The third-order valence-electron chi connectivity index (χ3n) is 6.24. The summed E-state index contributed by atoms with van der Waals surface area (Å²) in [6.07, 6.45) is 3.61. The first kappa shape index (κ1) is 17.6. The summed E-state index contributed by atoms with van der Waals surface area (Å²) in [5, 5.41) is 0. The summed E-state index contributed by atoms with van der Waals surface area (Å²) in [6.45, 7) is 7.62. The van der Waals surface area contributed by atoms with Crippen molar-refractivity contribution in [3.63, 3.8) is 0 Å². The molecule has 5 rings (SSSR count). The van der Waals surface area contributed by atoms with Crippen molar-refractivity contribution in [3.8, 4) is 11.1 Å². The first-order valence-corrected chi connectivity index (χ1v) is 19.8. The quantitative estimate of drug-likeness (QED) is 0.359. The average Bonchev–Trinajstić information content (AvgIpc) is 3.20. The van der Waals surface area contributed by atoms with Gasteiger partial charge in [-0.2, -0.15) is 0 Å². The molecule has 0 N–H and O–H groups in total. The molecule has 0 bridgehead atoms. The Labute approximate surface area is 171 Å². The maximum atomic E-state index is 2.62. The topological polar surface area (TPSA) is 0 Å². The maximum absolute atomic E-state index is 2.62. The van der Waals surface area contributed by atoms with Gasteiger partial charge < -0.3 is 0 Å². The molecule has 2 aliphatic rings. The molecule has 0 amide bonds. The van der Waals surface area contributed by atoms with Crippen molar-refractivity contribution >= 4 is 15.3 Å². The Morgan fingerprint density at radius 1 is 0.852 bits per heavy atom. The zero-order valence-electron chi connectivity index (χ0n) is 16.3. The number of fused-ring (bicyclic) bond motifs is 4. The molecule has 2 heteroatoms. The number of hydrogen-bond acceptors (Lipinski definition) is 0. The summed E-state index contributed by atoms with van der Waals surface area (Å²) >= 11 is -1.85. The van der Waals surface area contributed by atoms with Gasteiger partial charge in [0, 0.05) is 0 Å². The monoisotopic (exact) mass is 443 g/mol. The van der Waals surface area contributed by atoms with Gasteiger partial charge in [0.25, 0.3) is 0 Å². The minimum atomic E-state index is -1.85. The Morgan fingerprint density at radius 3 is 2.44 bits per heavy atom. The fraction of sp³-hybridized carbons (Fsp3) is 0.200. The molecular weight excluding hydrogens is 420 g/mol. The van der Waals surface area contributed by atoms with Crippen molar-refractivity contribution in [2.75, 3.05) is 0 Å². The Balaban J connectivity index is 1.67. The van der Waals surface area contributed by atoms with Gasteiger partial charge in [-0.3, -0.25) is 0 Å². The van der Waals surface area contributed by atoms with Crippen LogP contribution in [0.15, 0.2) is 72.3 Å². The molecule has 0 radical (unpaired) electrons. The molecule has 0 fully saturated rings. The fourth-order valence-corrected chi connectivity index (χ4v) is 25.9. The fourth-order valence-electron chi connectivity index (χ4n) is 5.12. The van der Waals surface area contributed by atoms with E-state index in [0.717, 1.165) is 10.0 Å². The van der Waals surface area contributed by atoms with Gasteiger partial charge in [-0.25, -0.2) is 0 Å². The molecule has 133 valence electrons. The molecule has 3 aromatic rings. The Bertz CT molecular complexity index is 1060. The number of benzene rings is 3. The van der Waals surface area contributed by atoms with Crippen molar-refractivity contribution in [2.24, 2.45) is 0 Å². The summed E-state index contributed by atoms with van der Waals surface area (Å²) in [5.74, 6) is -0.739.